The highest BCUT2D eigenvalue weighted by Crippen LogP contribution is 2.23. The fraction of sp³-hybridized carbons (Fsp3) is 0.381. The molecule has 1 fully saturated rings. The summed E-state index contributed by atoms with van der Waals surface area (Å²) in [7, 11) is 0. The molecule has 0 unspecified atom stereocenters. The summed E-state index contributed by atoms with van der Waals surface area (Å²) < 4.78 is 5.63. The van der Waals surface area contributed by atoms with Crippen LogP contribution in [0.4, 0.5) is 0 Å². The van der Waals surface area contributed by atoms with Gasteiger partial charge in [-0.3, -0.25) is 14.6 Å². The van der Waals surface area contributed by atoms with Crippen LogP contribution in [0.1, 0.15) is 29.8 Å². The highest BCUT2D eigenvalue weighted by Gasteiger charge is 2.23. The number of hydrogen-bond acceptors (Lipinski definition) is 4. The molecule has 2 aromatic rings. The van der Waals surface area contributed by atoms with Crippen LogP contribution in [-0.4, -0.2) is 59.4 Å². The van der Waals surface area contributed by atoms with Crippen LogP contribution in [0, 0.1) is 0 Å². The van der Waals surface area contributed by atoms with Gasteiger partial charge in [-0.1, -0.05) is 29.8 Å². The Morgan fingerprint density at radius 2 is 1.75 bits per heavy atom. The average Bonchev–Trinajstić information content (AvgIpc) is 2.99. The van der Waals surface area contributed by atoms with Gasteiger partial charge in [0.1, 0.15) is 11.4 Å². The lowest BCUT2D eigenvalue weighted by Crippen LogP contribution is -2.37. The molecule has 0 radical (unpaired) electrons. The molecule has 6 nitrogen and oxygen atoms in total. The van der Waals surface area contributed by atoms with Crippen LogP contribution in [0.2, 0.25) is 5.02 Å². The topological polar surface area (TPSA) is 62.7 Å². The molecule has 0 spiro atoms. The Morgan fingerprint density at radius 1 is 1.00 bits per heavy atom. The molecule has 28 heavy (non-hydrogen) atoms. The lowest BCUT2D eigenvalue weighted by molar-refractivity contribution is -0.131. The van der Waals surface area contributed by atoms with E-state index in [4.69, 9.17) is 16.3 Å². The number of aromatic nitrogens is 1. The Kier molecular flexibility index (Phi) is 7.25. The molecular formula is C21H24ClN3O3. The SMILES string of the molecule is O=C(CCCOc1ccccc1Cl)N1CCCN(C(=O)c2ccccn2)CC1. The number of hydrogen-bond donors (Lipinski definition) is 0. The van der Waals surface area contributed by atoms with E-state index in [0.29, 0.717) is 62.1 Å². The zero-order valence-corrected chi connectivity index (χ0v) is 16.5. The van der Waals surface area contributed by atoms with E-state index in [2.05, 4.69) is 4.98 Å². The molecule has 0 bridgehead atoms. The molecule has 1 aromatic carbocycles. The number of halogens is 1. The Bertz CT molecular complexity index is 800. The third-order valence-electron chi connectivity index (χ3n) is 4.65. The fourth-order valence-corrected chi connectivity index (χ4v) is 3.34. The van der Waals surface area contributed by atoms with Crippen molar-refractivity contribution in [1.82, 2.24) is 14.8 Å². The number of para-hydroxylation sites is 1. The van der Waals surface area contributed by atoms with Crippen LogP contribution in [0.3, 0.4) is 0 Å². The number of ether oxygens (including phenoxy) is 1. The van der Waals surface area contributed by atoms with Crippen molar-refractivity contribution >= 4 is 23.4 Å². The van der Waals surface area contributed by atoms with Crippen LogP contribution in [0.15, 0.2) is 48.7 Å². The minimum atomic E-state index is -0.0805. The predicted molar refractivity (Wildman–Crippen MR) is 108 cm³/mol. The van der Waals surface area contributed by atoms with E-state index in [0.717, 1.165) is 6.42 Å². The van der Waals surface area contributed by atoms with E-state index >= 15 is 0 Å². The Labute approximate surface area is 170 Å². The summed E-state index contributed by atoms with van der Waals surface area (Å²) in [5.41, 5.74) is 0.444. The molecule has 7 heteroatoms. The lowest BCUT2D eigenvalue weighted by atomic mass is 10.2. The third-order valence-corrected chi connectivity index (χ3v) is 4.96. The van der Waals surface area contributed by atoms with E-state index < -0.39 is 0 Å². The van der Waals surface area contributed by atoms with Gasteiger partial charge in [0, 0.05) is 38.8 Å². The maximum Gasteiger partial charge on any atom is 0.272 e. The second-order valence-corrected chi connectivity index (χ2v) is 7.03. The van der Waals surface area contributed by atoms with Crippen molar-refractivity contribution < 1.29 is 14.3 Å². The first-order chi connectivity index (χ1) is 13.6. The van der Waals surface area contributed by atoms with E-state index in [1.807, 2.05) is 23.1 Å². The standard InChI is InChI=1S/C21H24ClN3O3/c22-17-7-1-2-9-19(17)28-16-5-10-20(26)24-12-6-13-25(15-14-24)21(27)18-8-3-4-11-23-18/h1-4,7-9,11H,5-6,10,12-16H2. The summed E-state index contributed by atoms with van der Waals surface area (Å²) in [6.45, 7) is 2.80. The molecule has 1 aliphatic rings. The first-order valence-electron chi connectivity index (χ1n) is 9.50. The summed E-state index contributed by atoms with van der Waals surface area (Å²) in [5, 5.41) is 0.569. The molecule has 1 aromatic heterocycles. The van der Waals surface area contributed by atoms with Gasteiger partial charge in [0.2, 0.25) is 5.91 Å². The van der Waals surface area contributed by atoms with Crippen LogP contribution in [0.25, 0.3) is 0 Å². The van der Waals surface area contributed by atoms with Gasteiger partial charge in [0.05, 0.1) is 11.6 Å². The van der Waals surface area contributed by atoms with Crippen molar-refractivity contribution in [3.8, 4) is 5.75 Å². The molecule has 3 rings (SSSR count). The number of rotatable bonds is 6. The minimum absolute atomic E-state index is 0.0805. The van der Waals surface area contributed by atoms with Crippen LogP contribution >= 0.6 is 11.6 Å². The highest BCUT2D eigenvalue weighted by atomic mass is 35.5. The lowest BCUT2D eigenvalue weighted by Gasteiger charge is -2.22. The van der Waals surface area contributed by atoms with Gasteiger partial charge in [0.15, 0.2) is 0 Å². The highest BCUT2D eigenvalue weighted by molar-refractivity contribution is 6.32. The van der Waals surface area contributed by atoms with Gasteiger partial charge in [-0.2, -0.15) is 0 Å². The van der Waals surface area contributed by atoms with Crippen molar-refractivity contribution in [2.75, 3.05) is 32.8 Å². The Hall–Kier alpha value is -2.60. The number of benzene rings is 1. The quantitative estimate of drug-likeness (QED) is 0.697. The van der Waals surface area contributed by atoms with Crippen LogP contribution in [0.5, 0.6) is 5.75 Å². The molecular weight excluding hydrogens is 378 g/mol. The molecule has 0 atom stereocenters. The first kappa shape index (κ1) is 20.1. The van der Waals surface area contributed by atoms with E-state index in [-0.39, 0.29) is 11.8 Å². The van der Waals surface area contributed by atoms with Crippen LogP contribution < -0.4 is 4.74 Å². The van der Waals surface area contributed by atoms with Gasteiger partial charge < -0.3 is 14.5 Å². The molecule has 2 amide bonds. The number of pyridine rings is 1. The number of carbonyl (C=O) groups excluding carboxylic acids is 2. The number of amides is 2. The molecule has 1 saturated heterocycles. The molecule has 1 aliphatic heterocycles. The molecule has 0 aliphatic carbocycles. The smallest absolute Gasteiger partial charge is 0.272 e. The molecule has 0 saturated carbocycles. The summed E-state index contributed by atoms with van der Waals surface area (Å²) in [6, 6.07) is 12.6. The van der Waals surface area contributed by atoms with Crippen molar-refractivity contribution in [3.05, 3.63) is 59.4 Å². The predicted octanol–water partition coefficient (Wildman–Crippen LogP) is 3.27. The summed E-state index contributed by atoms with van der Waals surface area (Å²) >= 11 is 6.05. The number of carbonyl (C=O) groups is 2. The van der Waals surface area contributed by atoms with Crippen molar-refractivity contribution in [2.45, 2.75) is 19.3 Å². The summed E-state index contributed by atoms with van der Waals surface area (Å²) in [6.07, 6.45) is 3.42. The van der Waals surface area contributed by atoms with E-state index in [1.54, 1.807) is 35.4 Å². The summed E-state index contributed by atoms with van der Waals surface area (Å²) in [5.74, 6) is 0.646. The van der Waals surface area contributed by atoms with Gasteiger partial charge in [-0.05, 0) is 37.1 Å². The van der Waals surface area contributed by atoms with Crippen molar-refractivity contribution in [1.29, 1.82) is 0 Å². The van der Waals surface area contributed by atoms with Gasteiger partial charge in [0.25, 0.3) is 5.91 Å². The molecule has 0 N–H and O–H groups in total. The van der Waals surface area contributed by atoms with Crippen molar-refractivity contribution in [2.24, 2.45) is 0 Å². The number of nitrogens with zero attached hydrogens (tertiary/aromatic N) is 3. The van der Waals surface area contributed by atoms with Crippen LogP contribution in [-0.2, 0) is 4.79 Å². The third kappa shape index (κ3) is 5.45. The monoisotopic (exact) mass is 401 g/mol. The summed E-state index contributed by atoms with van der Waals surface area (Å²) in [4.78, 5) is 32.8. The second-order valence-electron chi connectivity index (χ2n) is 6.62. The Balaban J connectivity index is 1.43. The largest absolute Gasteiger partial charge is 0.492 e. The van der Waals surface area contributed by atoms with Crippen molar-refractivity contribution in [3.63, 3.8) is 0 Å². The fourth-order valence-electron chi connectivity index (χ4n) is 3.15. The molecule has 2 heterocycles. The maximum absolute atomic E-state index is 12.5. The van der Waals surface area contributed by atoms with Gasteiger partial charge in [-0.15, -0.1) is 0 Å². The minimum Gasteiger partial charge on any atom is -0.492 e. The van der Waals surface area contributed by atoms with Gasteiger partial charge >= 0.3 is 0 Å². The zero-order chi connectivity index (χ0) is 19.8. The zero-order valence-electron chi connectivity index (χ0n) is 15.7. The van der Waals surface area contributed by atoms with E-state index in [1.165, 1.54) is 0 Å². The first-order valence-corrected chi connectivity index (χ1v) is 9.88. The normalized spacial score (nSPS) is 14.5. The average molecular weight is 402 g/mol. The van der Waals surface area contributed by atoms with E-state index in [9.17, 15) is 9.59 Å². The second kappa shape index (κ2) is 10.1. The molecule has 148 valence electrons. The Morgan fingerprint density at radius 3 is 2.54 bits per heavy atom. The van der Waals surface area contributed by atoms with Gasteiger partial charge in [-0.25, -0.2) is 0 Å². The maximum atomic E-state index is 12.5.